The minimum atomic E-state index is -3.78. The van der Waals surface area contributed by atoms with Crippen LogP contribution in [0.25, 0.3) is 0 Å². The second kappa shape index (κ2) is 8.79. The predicted molar refractivity (Wildman–Crippen MR) is 120 cm³/mol. The summed E-state index contributed by atoms with van der Waals surface area (Å²) in [6, 6.07) is 11.8. The van der Waals surface area contributed by atoms with Crippen LogP contribution in [-0.4, -0.2) is 61.8 Å². The molecule has 0 unspecified atom stereocenters. The zero-order valence-electron chi connectivity index (χ0n) is 18.0. The number of nitrogens with one attached hydrogen (secondary N) is 2. The number of carbonyl (C=O) groups excluding carboxylic acids is 2. The molecule has 0 spiro atoms. The van der Waals surface area contributed by atoms with Crippen molar-refractivity contribution in [1.29, 1.82) is 0 Å². The van der Waals surface area contributed by atoms with E-state index in [-0.39, 0.29) is 43.0 Å². The molecule has 2 aromatic rings. The number of rotatable bonds is 4. The second-order valence-electron chi connectivity index (χ2n) is 7.74. The van der Waals surface area contributed by atoms with Gasteiger partial charge in [0, 0.05) is 31.9 Å². The number of amides is 3. The van der Waals surface area contributed by atoms with Gasteiger partial charge in [0.05, 0.1) is 10.6 Å². The second-order valence-corrected chi connectivity index (χ2v) is 9.68. The van der Waals surface area contributed by atoms with Gasteiger partial charge in [-0.3, -0.25) is 4.79 Å². The van der Waals surface area contributed by atoms with Gasteiger partial charge in [0.2, 0.25) is 10.0 Å². The summed E-state index contributed by atoms with van der Waals surface area (Å²) in [6.45, 7) is 4.57. The van der Waals surface area contributed by atoms with Gasteiger partial charge in [-0.05, 0) is 43.2 Å². The maximum absolute atomic E-state index is 13.1. The fourth-order valence-electron chi connectivity index (χ4n) is 3.77. The van der Waals surface area contributed by atoms with E-state index in [4.69, 9.17) is 4.74 Å². The first-order chi connectivity index (χ1) is 15.3. The molecule has 3 amide bonds. The van der Waals surface area contributed by atoms with Crippen LogP contribution in [-0.2, 0) is 21.2 Å². The maximum Gasteiger partial charge on any atom is 0.321 e. The molecule has 0 aliphatic carbocycles. The van der Waals surface area contributed by atoms with Crippen LogP contribution in [0.1, 0.15) is 19.4 Å². The molecule has 0 bridgehead atoms. The standard InChI is InChI=1S/C22H26N4O5S/c1-3-16-6-4-5-7-18(16)24-22(28)25-10-12-26(13-11-25)32(29,30)17-8-9-20-19(14-17)23-21(27)15(2)31-20/h4-9,14-15H,3,10-13H2,1-2H3,(H,23,27)(H,24,28)/t15-/m0/s1. The number of hydrogen-bond donors (Lipinski definition) is 2. The van der Waals surface area contributed by atoms with E-state index in [2.05, 4.69) is 10.6 Å². The van der Waals surface area contributed by atoms with Crippen molar-refractivity contribution in [2.45, 2.75) is 31.3 Å². The molecule has 1 atom stereocenters. The van der Waals surface area contributed by atoms with Gasteiger partial charge in [0.1, 0.15) is 5.75 Å². The van der Waals surface area contributed by atoms with Crippen molar-refractivity contribution >= 4 is 33.3 Å². The van der Waals surface area contributed by atoms with E-state index in [1.807, 2.05) is 31.2 Å². The number of piperazine rings is 1. The molecule has 32 heavy (non-hydrogen) atoms. The largest absolute Gasteiger partial charge is 0.479 e. The quantitative estimate of drug-likeness (QED) is 0.732. The summed E-state index contributed by atoms with van der Waals surface area (Å²) in [5, 5.41) is 5.59. The van der Waals surface area contributed by atoms with Gasteiger partial charge in [-0.2, -0.15) is 4.31 Å². The van der Waals surface area contributed by atoms with Crippen LogP contribution in [0.3, 0.4) is 0 Å². The molecule has 1 saturated heterocycles. The Kier molecular flexibility index (Phi) is 6.07. The molecule has 170 valence electrons. The zero-order chi connectivity index (χ0) is 22.9. The number of benzene rings is 2. The molecule has 0 saturated carbocycles. The third-order valence-corrected chi connectivity index (χ3v) is 7.58. The van der Waals surface area contributed by atoms with Crippen molar-refractivity contribution in [1.82, 2.24) is 9.21 Å². The first-order valence-electron chi connectivity index (χ1n) is 10.5. The van der Waals surface area contributed by atoms with Gasteiger partial charge >= 0.3 is 6.03 Å². The van der Waals surface area contributed by atoms with Crippen molar-refractivity contribution in [3.05, 3.63) is 48.0 Å². The number of para-hydroxylation sites is 1. The van der Waals surface area contributed by atoms with E-state index in [1.54, 1.807) is 17.9 Å². The molecule has 2 aliphatic heterocycles. The van der Waals surface area contributed by atoms with E-state index in [1.165, 1.54) is 16.4 Å². The number of ether oxygens (including phenoxy) is 1. The van der Waals surface area contributed by atoms with Crippen LogP contribution in [0.2, 0.25) is 0 Å². The molecule has 2 aliphatic rings. The molecule has 2 aromatic carbocycles. The van der Waals surface area contributed by atoms with Crippen LogP contribution >= 0.6 is 0 Å². The van der Waals surface area contributed by atoms with Gasteiger partial charge in [-0.25, -0.2) is 13.2 Å². The average Bonchev–Trinajstić information content (AvgIpc) is 2.80. The number of hydrogen-bond acceptors (Lipinski definition) is 5. The van der Waals surface area contributed by atoms with Crippen molar-refractivity contribution in [3.8, 4) is 5.75 Å². The van der Waals surface area contributed by atoms with Crippen molar-refractivity contribution in [2.24, 2.45) is 0 Å². The third-order valence-electron chi connectivity index (χ3n) is 5.69. The van der Waals surface area contributed by atoms with Gasteiger partial charge in [0.15, 0.2) is 6.10 Å². The van der Waals surface area contributed by atoms with Crippen LogP contribution in [0.5, 0.6) is 5.75 Å². The van der Waals surface area contributed by atoms with E-state index in [0.29, 0.717) is 11.4 Å². The first-order valence-corrected chi connectivity index (χ1v) is 12.0. The Labute approximate surface area is 187 Å². The first kappa shape index (κ1) is 22.1. The molecule has 10 heteroatoms. The molecular weight excluding hydrogens is 432 g/mol. The molecule has 0 radical (unpaired) electrons. The summed E-state index contributed by atoms with van der Waals surface area (Å²) in [5.41, 5.74) is 2.14. The Balaban J connectivity index is 1.42. The molecular formula is C22H26N4O5S. The number of nitrogens with zero attached hydrogens (tertiary/aromatic N) is 2. The van der Waals surface area contributed by atoms with Crippen LogP contribution in [0.4, 0.5) is 16.2 Å². The molecule has 2 N–H and O–H groups in total. The number of anilines is 2. The zero-order valence-corrected chi connectivity index (χ0v) is 18.8. The van der Waals surface area contributed by atoms with Crippen molar-refractivity contribution in [3.63, 3.8) is 0 Å². The number of carbonyl (C=O) groups is 2. The highest BCUT2D eigenvalue weighted by atomic mass is 32.2. The van der Waals surface area contributed by atoms with E-state index in [0.717, 1.165) is 17.7 Å². The lowest BCUT2D eigenvalue weighted by Gasteiger charge is -2.34. The van der Waals surface area contributed by atoms with Gasteiger partial charge in [-0.1, -0.05) is 25.1 Å². The number of sulfonamides is 1. The maximum atomic E-state index is 13.1. The summed E-state index contributed by atoms with van der Waals surface area (Å²) >= 11 is 0. The Morgan fingerprint density at radius 3 is 2.59 bits per heavy atom. The smallest absolute Gasteiger partial charge is 0.321 e. The van der Waals surface area contributed by atoms with E-state index in [9.17, 15) is 18.0 Å². The summed E-state index contributed by atoms with van der Waals surface area (Å²) in [4.78, 5) is 26.2. The Morgan fingerprint density at radius 1 is 1.16 bits per heavy atom. The summed E-state index contributed by atoms with van der Waals surface area (Å²) in [5.74, 6) is 0.112. The Bertz CT molecular complexity index is 1140. The SMILES string of the molecule is CCc1ccccc1NC(=O)N1CCN(S(=O)(=O)c2ccc3c(c2)NC(=O)[C@H](C)O3)CC1. The Hall–Kier alpha value is -3.11. The summed E-state index contributed by atoms with van der Waals surface area (Å²) in [7, 11) is -3.78. The molecule has 0 aromatic heterocycles. The number of urea groups is 1. The highest BCUT2D eigenvalue weighted by Crippen LogP contribution is 2.33. The summed E-state index contributed by atoms with van der Waals surface area (Å²) < 4.78 is 33.1. The van der Waals surface area contributed by atoms with Gasteiger partial charge < -0.3 is 20.3 Å². The lowest BCUT2D eigenvalue weighted by atomic mass is 10.1. The number of aryl methyl sites for hydroxylation is 1. The topological polar surface area (TPSA) is 108 Å². The summed E-state index contributed by atoms with van der Waals surface area (Å²) in [6.07, 6.45) is 0.168. The normalized spacial score (nSPS) is 19.0. The highest BCUT2D eigenvalue weighted by Gasteiger charge is 2.32. The van der Waals surface area contributed by atoms with Crippen LogP contribution in [0.15, 0.2) is 47.4 Å². The van der Waals surface area contributed by atoms with E-state index < -0.39 is 16.1 Å². The minimum absolute atomic E-state index is 0.0736. The average molecular weight is 459 g/mol. The third kappa shape index (κ3) is 4.28. The van der Waals surface area contributed by atoms with Gasteiger partial charge in [-0.15, -0.1) is 0 Å². The molecule has 2 heterocycles. The molecule has 9 nitrogen and oxygen atoms in total. The van der Waals surface area contributed by atoms with Crippen molar-refractivity contribution < 1.29 is 22.7 Å². The van der Waals surface area contributed by atoms with E-state index >= 15 is 0 Å². The van der Waals surface area contributed by atoms with Gasteiger partial charge in [0.25, 0.3) is 5.91 Å². The lowest BCUT2D eigenvalue weighted by molar-refractivity contribution is -0.122. The monoisotopic (exact) mass is 458 g/mol. The molecule has 4 rings (SSSR count). The minimum Gasteiger partial charge on any atom is -0.479 e. The van der Waals surface area contributed by atoms with Crippen LogP contribution < -0.4 is 15.4 Å². The predicted octanol–water partition coefficient (Wildman–Crippen LogP) is 2.51. The fourth-order valence-corrected chi connectivity index (χ4v) is 5.22. The van der Waals surface area contributed by atoms with Crippen LogP contribution in [0, 0.1) is 0 Å². The fraction of sp³-hybridized carbons (Fsp3) is 0.364. The number of fused-ring (bicyclic) bond motifs is 1. The molecule has 1 fully saturated rings. The Morgan fingerprint density at radius 2 is 1.88 bits per heavy atom. The van der Waals surface area contributed by atoms with Crippen molar-refractivity contribution in [2.75, 3.05) is 36.8 Å². The highest BCUT2D eigenvalue weighted by molar-refractivity contribution is 7.89. The lowest BCUT2D eigenvalue weighted by Crippen LogP contribution is -2.51.